The lowest BCUT2D eigenvalue weighted by atomic mass is 10.1. The molecule has 3 N–H and O–H groups in total. The van der Waals surface area contributed by atoms with Crippen LogP contribution in [0.15, 0.2) is 11.2 Å². The average molecular weight is 302 g/mol. The van der Waals surface area contributed by atoms with Gasteiger partial charge in [0.1, 0.15) is 5.56 Å². The second-order valence-corrected chi connectivity index (χ2v) is 6.46. The molecule has 20 heavy (non-hydrogen) atoms. The molecule has 1 aliphatic rings. The molecule has 2 heterocycles. The first kappa shape index (κ1) is 14.9. The quantitative estimate of drug-likeness (QED) is 0.712. The zero-order valence-electron chi connectivity index (χ0n) is 11.2. The van der Waals surface area contributed by atoms with Gasteiger partial charge >= 0.3 is 5.97 Å². The summed E-state index contributed by atoms with van der Waals surface area (Å²) >= 11 is 0. The lowest BCUT2D eigenvalue weighted by molar-refractivity contribution is 0.0521. The van der Waals surface area contributed by atoms with Gasteiger partial charge in [0, 0.05) is 13.1 Å². The number of rotatable bonds is 5. The average Bonchev–Trinajstić information content (AvgIpc) is 3.08. The van der Waals surface area contributed by atoms with E-state index in [0.29, 0.717) is 19.6 Å². The molecule has 8 nitrogen and oxygen atoms in total. The molecule has 0 radical (unpaired) electrons. The van der Waals surface area contributed by atoms with Gasteiger partial charge in [-0.15, -0.1) is 0 Å². The number of nitrogens with two attached hydrogens (primary N) is 1. The Morgan fingerprint density at radius 1 is 1.65 bits per heavy atom. The highest BCUT2D eigenvalue weighted by Gasteiger charge is 2.36. The number of H-pyrrole nitrogens is 1. The van der Waals surface area contributed by atoms with Crippen molar-refractivity contribution in [3.63, 3.8) is 0 Å². The van der Waals surface area contributed by atoms with Crippen LogP contribution in [0.3, 0.4) is 0 Å². The predicted octanol–water partition coefficient (Wildman–Crippen LogP) is -0.444. The molecule has 1 aromatic heterocycles. The highest BCUT2D eigenvalue weighted by Crippen LogP contribution is 2.24. The minimum absolute atomic E-state index is 0.0666. The van der Waals surface area contributed by atoms with Crippen LogP contribution in [0.2, 0.25) is 0 Å². The van der Waals surface area contributed by atoms with Crippen molar-refractivity contribution >= 4 is 16.0 Å². The van der Waals surface area contributed by atoms with Crippen molar-refractivity contribution in [2.75, 3.05) is 26.2 Å². The van der Waals surface area contributed by atoms with Crippen LogP contribution in [-0.2, 0) is 14.8 Å². The van der Waals surface area contributed by atoms with Crippen molar-refractivity contribution < 1.29 is 17.9 Å². The number of carbonyl (C=O) groups excluding carboxylic acids is 1. The van der Waals surface area contributed by atoms with E-state index in [0.717, 1.165) is 6.42 Å². The van der Waals surface area contributed by atoms with Gasteiger partial charge in [-0.25, -0.2) is 13.2 Å². The van der Waals surface area contributed by atoms with Crippen LogP contribution in [0.5, 0.6) is 0 Å². The number of nitrogens with zero attached hydrogens (tertiary/aromatic N) is 2. The van der Waals surface area contributed by atoms with Gasteiger partial charge in [-0.1, -0.05) is 0 Å². The molecule has 112 valence electrons. The molecule has 0 amide bonds. The summed E-state index contributed by atoms with van der Waals surface area (Å²) in [7, 11) is -3.77. The number of sulfonamides is 1. The van der Waals surface area contributed by atoms with E-state index in [4.69, 9.17) is 10.5 Å². The van der Waals surface area contributed by atoms with Gasteiger partial charge in [0.25, 0.3) is 10.0 Å². The van der Waals surface area contributed by atoms with Gasteiger partial charge in [-0.2, -0.15) is 9.40 Å². The standard InChI is InChI=1S/C11H18N4O4S/c1-2-19-11(16)9-6-13-14-10(9)20(17,18)15-4-3-8(5-12)7-15/h6,8H,2-5,7,12H2,1H3,(H,13,14). The summed E-state index contributed by atoms with van der Waals surface area (Å²) in [6.45, 7) is 3.02. The lowest BCUT2D eigenvalue weighted by Gasteiger charge is -2.15. The van der Waals surface area contributed by atoms with Crippen LogP contribution < -0.4 is 5.73 Å². The van der Waals surface area contributed by atoms with E-state index in [9.17, 15) is 13.2 Å². The Labute approximate surface area is 117 Å². The smallest absolute Gasteiger partial charge is 0.342 e. The zero-order valence-corrected chi connectivity index (χ0v) is 12.0. The number of ether oxygens (including phenoxy) is 1. The van der Waals surface area contributed by atoms with Gasteiger partial charge in [0.05, 0.1) is 12.8 Å². The third-order valence-corrected chi connectivity index (χ3v) is 5.12. The first-order chi connectivity index (χ1) is 9.50. The van der Waals surface area contributed by atoms with Gasteiger partial charge in [-0.3, -0.25) is 5.10 Å². The van der Waals surface area contributed by atoms with Crippen LogP contribution in [0.1, 0.15) is 23.7 Å². The summed E-state index contributed by atoms with van der Waals surface area (Å²) in [4.78, 5) is 11.7. The van der Waals surface area contributed by atoms with E-state index in [1.165, 1.54) is 10.5 Å². The second kappa shape index (κ2) is 5.90. The largest absolute Gasteiger partial charge is 0.462 e. The maximum absolute atomic E-state index is 12.5. The lowest BCUT2D eigenvalue weighted by Crippen LogP contribution is -2.31. The molecule has 0 aliphatic carbocycles. The molecular formula is C11H18N4O4S. The van der Waals surface area contributed by atoms with E-state index >= 15 is 0 Å². The van der Waals surface area contributed by atoms with E-state index in [-0.39, 0.29) is 23.1 Å². The van der Waals surface area contributed by atoms with Crippen LogP contribution in [0.25, 0.3) is 0 Å². The van der Waals surface area contributed by atoms with Crippen LogP contribution in [0, 0.1) is 5.92 Å². The topological polar surface area (TPSA) is 118 Å². The van der Waals surface area contributed by atoms with E-state index in [2.05, 4.69) is 10.2 Å². The maximum Gasteiger partial charge on any atom is 0.342 e. The number of hydrogen-bond acceptors (Lipinski definition) is 6. The number of carbonyl (C=O) groups is 1. The predicted molar refractivity (Wildman–Crippen MR) is 70.5 cm³/mol. The molecule has 0 saturated carbocycles. The van der Waals surface area contributed by atoms with Crippen molar-refractivity contribution in [1.29, 1.82) is 0 Å². The number of hydrogen-bond donors (Lipinski definition) is 2. The number of nitrogens with one attached hydrogen (secondary N) is 1. The number of aromatic amines is 1. The van der Waals surface area contributed by atoms with Crippen molar-refractivity contribution in [2.45, 2.75) is 18.4 Å². The Balaban J connectivity index is 2.27. The molecule has 9 heteroatoms. The molecule has 1 atom stereocenters. The first-order valence-electron chi connectivity index (χ1n) is 6.41. The van der Waals surface area contributed by atoms with Crippen LogP contribution in [-0.4, -0.2) is 55.1 Å². The Morgan fingerprint density at radius 2 is 2.40 bits per heavy atom. The highest BCUT2D eigenvalue weighted by molar-refractivity contribution is 7.89. The first-order valence-corrected chi connectivity index (χ1v) is 7.85. The molecule has 1 saturated heterocycles. The Morgan fingerprint density at radius 3 is 3.00 bits per heavy atom. The van der Waals surface area contributed by atoms with Crippen molar-refractivity contribution in [3.8, 4) is 0 Å². The molecule has 0 aromatic carbocycles. The Bertz CT molecular complexity index is 583. The Hall–Kier alpha value is -1.45. The van der Waals surface area contributed by atoms with E-state index < -0.39 is 16.0 Å². The van der Waals surface area contributed by atoms with Crippen LogP contribution in [0.4, 0.5) is 0 Å². The number of aromatic nitrogens is 2. The summed E-state index contributed by atoms with van der Waals surface area (Å²) in [6, 6.07) is 0. The minimum Gasteiger partial charge on any atom is -0.462 e. The minimum atomic E-state index is -3.77. The maximum atomic E-state index is 12.5. The molecule has 1 aliphatic heterocycles. The summed E-state index contributed by atoms with van der Waals surface area (Å²) in [5, 5.41) is 5.82. The van der Waals surface area contributed by atoms with E-state index in [1.807, 2.05) is 0 Å². The fourth-order valence-corrected chi connectivity index (χ4v) is 3.76. The molecular weight excluding hydrogens is 284 g/mol. The van der Waals surface area contributed by atoms with Gasteiger partial charge in [0.2, 0.25) is 0 Å². The molecule has 0 spiro atoms. The van der Waals surface area contributed by atoms with Gasteiger partial charge in [-0.05, 0) is 25.8 Å². The summed E-state index contributed by atoms with van der Waals surface area (Å²) in [6.07, 6.45) is 1.89. The molecule has 0 bridgehead atoms. The van der Waals surface area contributed by atoms with Crippen LogP contribution >= 0.6 is 0 Å². The van der Waals surface area contributed by atoms with Crippen molar-refractivity contribution in [3.05, 3.63) is 11.8 Å². The third-order valence-electron chi connectivity index (χ3n) is 3.28. The summed E-state index contributed by atoms with van der Waals surface area (Å²) in [5.74, 6) is -0.548. The molecule has 1 fully saturated rings. The van der Waals surface area contributed by atoms with E-state index in [1.54, 1.807) is 6.92 Å². The SMILES string of the molecule is CCOC(=O)c1cn[nH]c1S(=O)(=O)N1CCC(CN)C1. The van der Waals surface area contributed by atoms with Crippen molar-refractivity contribution in [2.24, 2.45) is 11.7 Å². The normalized spacial score (nSPS) is 20.2. The van der Waals surface area contributed by atoms with Gasteiger partial charge < -0.3 is 10.5 Å². The molecule has 1 unspecified atom stereocenters. The fraction of sp³-hybridized carbons (Fsp3) is 0.636. The fourth-order valence-electron chi connectivity index (χ4n) is 2.16. The Kier molecular flexibility index (Phi) is 4.41. The third kappa shape index (κ3) is 2.69. The van der Waals surface area contributed by atoms with Gasteiger partial charge in [0.15, 0.2) is 5.03 Å². The second-order valence-electron chi connectivity index (χ2n) is 4.59. The summed E-state index contributed by atoms with van der Waals surface area (Å²) in [5.41, 5.74) is 5.49. The molecule has 2 rings (SSSR count). The zero-order chi connectivity index (χ0) is 14.8. The highest BCUT2D eigenvalue weighted by atomic mass is 32.2. The molecule has 1 aromatic rings. The monoisotopic (exact) mass is 302 g/mol. The number of esters is 1. The van der Waals surface area contributed by atoms with Crippen molar-refractivity contribution in [1.82, 2.24) is 14.5 Å². The summed E-state index contributed by atoms with van der Waals surface area (Å²) < 4.78 is 31.1.